The first kappa shape index (κ1) is 16.4. The number of hydrogen-bond donors (Lipinski definition) is 1. The third-order valence-electron chi connectivity index (χ3n) is 0.723. The molecule has 0 saturated heterocycles. The van der Waals surface area contributed by atoms with Crippen molar-refractivity contribution < 1.29 is 14.6 Å². The molecule has 64 valence electrons. The molecule has 0 aliphatic rings. The van der Waals surface area contributed by atoms with Gasteiger partial charge in [-0.25, -0.2) is 4.79 Å². The van der Waals surface area contributed by atoms with Gasteiger partial charge in [0.15, 0.2) is 0 Å². The molecule has 0 rings (SSSR count). The predicted molar refractivity (Wildman–Crippen MR) is 43.4 cm³/mol. The average molecular weight is 191 g/mol. The Hall–Kier alpha value is -0.150. The van der Waals surface area contributed by atoms with Crippen molar-refractivity contribution in [1.82, 2.24) is 0 Å². The highest BCUT2D eigenvalue weighted by atomic mass is 35.5. The van der Waals surface area contributed by atoms with Crippen LogP contribution in [0.2, 0.25) is 0 Å². The van der Waals surface area contributed by atoms with E-state index in [-0.39, 0.29) is 24.8 Å². The molecule has 0 aromatic carbocycles. The fraction of sp³-hybridized carbons (Fsp3) is 0.800. The number of hydrogen-bond acceptors (Lipinski definition) is 2. The Kier molecular flexibility index (Phi) is 19.1. The molecule has 0 aliphatic carbocycles. The lowest BCUT2D eigenvalue weighted by Crippen LogP contribution is -2.00. The fourth-order valence-electron chi connectivity index (χ4n) is 0.304. The van der Waals surface area contributed by atoms with E-state index in [2.05, 4.69) is 4.74 Å². The van der Waals surface area contributed by atoms with E-state index in [9.17, 15) is 4.79 Å². The van der Waals surface area contributed by atoms with Crippen LogP contribution in [0.1, 0.15) is 19.8 Å². The summed E-state index contributed by atoms with van der Waals surface area (Å²) in [5.41, 5.74) is 0. The van der Waals surface area contributed by atoms with Crippen molar-refractivity contribution in [3.63, 3.8) is 0 Å². The summed E-state index contributed by atoms with van der Waals surface area (Å²) >= 11 is 0. The normalized spacial score (nSPS) is 6.90. The van der Waals surface area contributed by atoms with Gasteiger partial charge in [-0.05, 0) is 6.42 Å². The summed E-state index contributed by atoms with van der Waals surface area (Å²) in [6.07, 6.45) is 0.595. The Morgan fingerprint density at radius 1 is 1.50 bits per heavy atom. The van der Waals surface area contributed by atoms with Gasteiger partial charge in [0, 0.05) is 0 Å². The summed E-state index contributed by atoms with van der Waals surface area (Å²) in [5.74, 6) is 0. The average Bonchev–Trinajstić information content (AvgIpc) is 1.66. The predicted octanol–water partition coefficient (Wildman–Crippen LogP) is 2.32. The van der Waals surface area contributed by atoms with Crippen LogP contribution in [0.5, 0.6) is 0 Å². The fourth-order valence-corrected chi connectivity index (χ4v) is 0.304. The zero-order valence-corrected chi connectivity index (χ0v) is 7.33. The van der Waals surface area contributed by atoms with Gasteiger partial charge in [0.2, 0.25) is 0 Å². The minimum atomic E-state index is -1.18. The van der Waals surface area contributed by atoms with E-state index in [1.165, 1.54) is 0 Å². The van der Waals surface area contributed by atoms with Crippen LogP contribution in [0.25, 0.3) is 0 Å². The number of carbonyl (C=O) groups is 1. The molecule has 0 unspecified atom stereocenters. The highest BCUT2D eigenvalue weighted by Gasteiger charge is 1.91. The molecule has 5 heteroatoms. The first-order valence-electron chi connectivity index (χ1n) is 2.63. The highest BCUT2D eigenvalue weighted by molar-refractivity contribution is 5.85. The lowest BCUT2D eigenvalue weighted by atomic mass is 10.4. The van der Waals surface area contributed by atoms with E-state index in [1.807, 2.05) is 6.92 Å². The SMILES string of the molecule is CCCCOC(=O)O.Cl.Cl. The molecule has 0 saturated carbocycles. The van der Waals surface area contributed by atoms with Gasteiger partial charge in [-0.1, -0.05) is 13.3 Å². The first-order chi connectivity index (χ1) is 3.77. The van der Waals surface area contributed by atoms with Crippen molar-refractivity contribution in [2.24, 2.45) is 0 Å². The first-order valence-corrected chi connectivity index (χ1v) is 2.63. The smallest absolute Gasteiger partial charge is 0.450 e. The van der Waals surface area contributed by atoms with Crippen molar-refractivity contribution in [2.45, 2.75) is 19.8 Å². The van der Waals surface area contributed by atoms with Crippen LogP contribution in [-0.4, -0.2) is 17.9 Å². The summed E-state index contributed by atoms with van der Waals surface area (Å²) < 4.78 is 4.20. The summed E-state index contributed by atoms with van der Waals surface area (Å²) in [7, 11) is 0. The minimum Gasteiger partial charge on any atom is -0.450 e. The molecule has 10 heavy (non-hydrogen) atoms. The van der Waals surface area contributed by atoms with E-state index in [1.54, 1.807) is 0 Å². The van der Waals surface area contributed by atoms with Crippen molar-refractivity contribution in [1.29, 1.82) is 0 Å². The third kappa shape index (κ3) is 15.7. The quantitative estimate of drug-likeness (QED) is 0.550. The largest absolute Gasteiger partial charge is 0.505 e. The molecule has 0 fully saturated rings. The molecule has 0 heterocycles. The summed E-state index contributed by atoms with van der Waals surface area (Å²) in [5, 5.41) is 7.92. The molecule has 1 N–H and O–H groups in total. The Balaban J connectivity index is -0.000000245. The minimum absolute atomic E-state index is 0. The zero-order valence-electron chi connectivity index (χ0n) is 5.70. The maximum Gasteiger partial charge on any atom is 0.505 e. The van der Waals surface area contributed by atoms with Gasteiger partial charge in [0.05, 0.1) is 6.61 Å². The lowest BCUT2D eigenvalue weighted by molar-refractivity contribution is 0.0905. The summed E-state index contributed by atoms with van der Waals surface area (Å²) in [6.45, 7) is 2.30. The second-order valence-electron chi connectivity index (χ2n) is 1.47. The van der Waals surface area contributed by atoms with Crippen molar-refractivity contribution in [2.75, 3.05) is 6.61 Å². The van der Waals surface area contributed by atoms with Gasteiger partial charge >= 0.3 is 6.16 Å². The van der Waals surface area contributed by atoms with Gasteiger partial charge in [-0.15, -0.1) is 24.8 Å². The zero-order chi connectivity index (χ0) is 6.41. The van der Waals surface area contributed by atoms with Crippen molar-refractivity contribution >= 4 is 31.0 Å². The molecule has 0 aliphatic heterocycles. The molecule has 0 atom stereocenters. The molecule has 0 radical (unpaired) electrons. The Morgan fingerprint density at radius 2 is 2.00 bits per heavy atom. The summed E-state index contributed by atoms with van der Waals surface area (Å²) in [4.78, 5) is 9.65. The van der Waals surface area contributed by atoms with E-state index < -0.39 is 6.16 Å². The van der Waals surface area contributed by atoms with Crippen LogP contribution in [0.4, 0.5) is 4.79 Å². The standard InChI is InChI=1S/C5H10O3.2ClH/c1-2-3-4-8-5(6)7;;/h2-4H2,1H3,(H,6,7);2*1H. The number of halogens is 2. The van der Waals surface area contributed by atoms with Crippen LogP contribution in [-0.2, 0) is 4.74 Å². The van der Waals surface area contributed by atoms with E-state index in [0.29, 0.717) is 6.61 Å². The van der Waals surface area contributed by atoms with Crippen LogP contribution in [0.15, 0.2) is 0 Å². The second kappa shape index (κ2) is 11.6. The van der Waals surface area contributed by atoms with E-state index in [4.69, 9.17) is 5.11 Å². The summed E-state index contributed by atoms with van der Waals surface area (Å²) in [6, 6.07) is 0. The second-order valence-corrected chi connectivity index (χ2v) is 1.47. The third-order valence-corrected chi connectivity index (χ3v) is 0.723. The number of rotatable bonds is 3. The van der Waals surface area contributed by atoms with Crippen LogP contribution >= 0.6 is 24.8 Å². The van der Waals surface area contributed by atoms with Crippen LogP contribution in [0.3, 0.4) is 0 Å². The van der Waals surface area contributed by atoms with Gasteiger partial charge in [-0.2, -0.15) is 0 Å². The van der Waals surface area contributed by atoms with E-state index >= 15 is 0 Å². The van der Waals surface area contributed by atoms with E-state index in [0.717, 1.165) is 12.8 Å². The van der Waals surface area contributed by atoms with Gasteiger partial charge in [0.1, 0.15) is 0 Å². The monoisotopic (exact) mass is 190 g/mol. The Morgan fingerprint density at radius 3 is 2.30 bits per heavy atom. The van der Waals surface area contributed by atoms with Crippen molar-refractivity contribution in [3.8, 4) is 0 Å². The molecule has 0 aromatic rings. The highest BCUT2D eigenvalue weighted by Crippen LogP contribution is 1.86. The molecular weight excluding hydrogens is 179 g/mol. The number of carboxylic acid groups (broad SMARTS) is 1. The van der Waals surface area contributed by atoms with Crippen LogP contribution in [0, 0.1) is 0 Å². The van der Waals surface area contributed by atoms with Gasteiger partial charge in [-0.3, -0.25) is 0 Å². The molecular formula is C5H12Cl2O3. The topological polar surface area (TPSA) is 46.5 Å². The maximum atomic E-state index is 9.65. The van der Waals surface area contributed by atoms with Crippen LogP contribution < -0.4 is 0 Å². The Bertz CT molecular complexity index is 77.3. The molecule has 0 bridgehead atoms. The van der Waals surface area contributed by atoms with Crippen molar-refractivity contribution in [3.05, 3.63) is 0 Å². The Labute approximate surface area is 72.6 Å². The molecule has 0 amide bonds. The van der Waals surface area contributed by atoms with Gasteiger partial charge < -0.3 is 9.84 Å². The molecule has 3 nitrogen and oxygen atoms in total. The molecule has 0 aromatic heterocycles. The maximum absolute atomic E-state index is 9.65. The molecule has 0 spiro atoms. The lowest BCUT2D eigenvalue weighted by Gasteiger charge is -1.94. The number of unbranched alkanes of at least 4 members (excludes halogenated alkanes) is 1. The number of ether oxygens (including phenoxy) is 1. The van der Waals surface area contributed by atoms with Gasteiger partial charge in [0.25, 0.3) is 0 Å².